The zero-order chi connectivity index (χ0) is 21.0. The maximum atomic E-state index is 12.4. The molecule has 1 N–H and O–H groups in total. The Morgan fingerprint density at radius 1 is 1.07 bits per heavy atom. The Balaban J connectivity index is 2.78. The van der Waals surface area contributed by atoms with Gasteiger partial charge in [0.2, 0.25) is 15.9 Å². The molecule has 0 saturated heterocycles. The molecule has 0 aliphatic carbocycles. The topological polar surface area (TPSA) is 66.5 Å². The van der Waals surface area contributed by atoms with Gasteiger partial charge in [0.25, 0.3) is 0 Å². The molecule has 0 bridgehead atoms. The highest BCUT2D eigenvalue weighted by atomic mass is 32.2. The highest BCUT2D eigenvalue weighted by Crippen LogP contribution is 2.28. The maximum absolute atomic E-state index is 12.4. The zero-order valence-electron chi connectivity index (χ0n) is 18.1. The molecule has 0 aliphatic rings. The predicted octanol–water partition coefficient (Wildman–Crippen LogP) is 4.18. The minimum Gasteiger partial charge on any atom is -0.351 e. The normalized spacial score (nSPS) is 12.7. The Hall–Kier alpha value is -1.56. The van der Waals surface area contributed by atoms with Crippen molar-refractivity contribution in [1.29, 1.82) is 0 Å². The molecular formula is C21H36N2O3S. The lowest BCUT2D eigenvalue weighted by Crippen LogP contribution is -2.46. The van der Waals surface area contributed by atoms with Crippen LogP contribution in [0.15, 0.2) is 18.2 Å². The summed E-state index contributed by atoms with van der Waals surface area (Å²) in [6, 6.07) is 5.73. The molecule has 1 aromatic carbocycles. The fourth-order valence-corrected chi connectivity index (χ4v) is 4.92. The molecule has 27 heavy (non-hydrogen) atoms. The number of carbonyl (C=O) groups is 1. The van der Waals surface area contributed by atoms with Crippen molar-refractivity contribution < 1.29 is 13.2 Å². The van der Waals surface area contributed by atoms with Gasteiger partial charge >= 0.3 is 0 Å². The zero-order valence-corrected chi connectivity index (χ0v) is 19.0. The smallest absolute Gasteiger partial charge is 0.232 e. The first-order valence-corrected chi connectivity index (χ1v) is 11.3. The van der Waals surface area contributed by atoms with Crippen LogP contribution in [0.1, 0.15) is 65.0 Å². The molecule has 154 valence electrons. The van der Waals surface area contributed by atoms with Gasteiger partial charge in [-0.15, -0.1) is 0 Å². The van der Waals surface area contributed by atoms with Gasteiger partial charge in [-0.1, -0.05) is 39.0 Å². The number of sulfonamides is 1. The molecule has 6 heteroatoms. The predicted molar refractivity (Wildman–Crippen MR) is 114 cm³/mol. The molecule has 0 aromatic heterocycles. The van der Waals surface area contributed by atoms with E-state index in [0.717, 1.165) is 17.5 Å². The number of aryl methyl sites for hydroxylation is 2. The summed E-state index contributed by atoms with van der Waals surface area (Å²) in [6.07, 6.45) is 2.85. The van der Waals surface area contributed by atoms with Crippen molar-refractivity contribution in [2.24, 2.45) is 5.41 Å². The molecule has 0 heterocycles. The minimum atomic E-state index is -3.42. The molecule has 0 spiro atoms. The van der Waals surface area contributed by atoms with E-state index >= 15 is 0 Å². The van der Waals surface area contributed by atoms with Gasteiger partial charge in [-0.3, -0.25) is 9.10 Å². The first-order valence-electron chi connectivity index (χ1n) is 9.47. The van der Waals surface area contributed by atoms with Crippen LogP contribution in [-0.2, 0) is 14.8 Å². The van der Waals surface area contributed by atoms with Crippen LogP contribution in [-0.4, -0.2) is 32.7 Å². The van der Waals surface area contributed by atoms with Gasteiger partial charge in [0.15, 0.2) is 0 Å². The number of rotatable bonds is 8. The third kappa shape index (κ3) is 7.91. The number of nitrogens with one attached hydrogen (secondary N) is 1. The first-order chi connectivity index (χ1) is 12.1. The fourth-order valence-electron chi connectivity index (χ4n) is 3.84. The summed E-state index contributed by atoms with van der Waals surface area (Å²) < 4.78 is 26.1. The molecular weight excluding hydrogens is 360 g/mol. The lowest BCUT2D eigenvalue weighted by atomic mass is 9.82. The highest BCUT2D eigenvalue weighted by molar-refractivity contribution is 7.92. The van der Waals surface area contributed by atoms with Gasteiger partial charge in [0, 0.05) is 18.5 Å². The molecule has 1 rings (SSSR count). The molecule has 0 aliphatic heterocycles. The van der Waals surface area contributed by atoms with E-state index in [-0.39, 0.29) is 23.4 Å². The number of hydrogen-bond donors (Lipinski definition) is 1. The van der Waals surface area contributed by atoms with Crippen molar-refractivity contribution in [2.75, 3.05) is 17.1 Å². The van der Waals surface area contributed by atoms with Gasteiger partial charge in [0.1, 0.15) is 0 Å². The Kier molecular flexibility index (Phi) is 7.51. The van der Waals surface area contributed by atoms with Gasteiger partial charge < -0.3 is 5.32 Å². The number of nitrogens with zero attached hydrogens (tertiary/aromatic N) is 1. The molecule has 5 nitrogen and oxygen atoms in total. The van der Waals surface area contributed by atoms with Crippen LogP contribution < -0.4 is 9.62 Å². The van der Waals surface area contributed by atoms with E-state index in [0.29, 0.717) is 18.5 Å². The van der Waals surface area contributed by atoms with Crippen molar-refractivity contribution in [3.63, 3.8) is 0 Å². The molecule has 1 amide bonds. The van der Waals surface area contributed by atoms with E-state index in [1.165, 1.54) is 10.6 Å². The second kappa shape index (κ2) is 8.63. The Bertz CT molecular complexity index is 742. The van der Waals surface area contributed by atoms with Crippen LogP contribution in [0, 0.1) is 19.3 Å². The lowest BCUT2D eigenvalue weighted by molar-refractivity contribution is -0.123. The second-order valence-electron chi connectivity index (χ2n) is 9.35. The van der Waals surface area contributed by atoms with Crippen molar-refractivity contribution in [3.8, 4) is 0 Å². The van der Waals surface area contributed by atoms with Gasteiger partial charge in [0.05, 0.1) is 11.9 Å². The minimum absolute atomic E-state index is 0.0424. The third-order valence-corrected chi connectivity index (χ3v) is 5.47. The fraction of sp³-hybridized carbons (Fsp3) is 0.667. The van der Waals surface area contributed by atoms with E-state index < -0.39 is 10.0 Å². The van der Waals surface area contributed by atoms with E-state index in [2.05, 4.69) is 26.1 Å². The molecule has 0 unspecified atom stereocenters. The Labute approximate surface area is 165 Å². The van der Waals surface area contributed by atoms with E-state index in [9.17, 15) is 13.2 Å². The van der Waals surface area contributed by atoms with Crippen molar-refractivity contribution in [3.05, 3.63) is 29.3 Å². The number of carbonyl (C=O) groups excluding carboxylic acids is 1. The number of anilines is 1. The first kappa shape index (κ1) is 23.5. The summed E-state index contributed by atoms with van der Waals surface area (Å²) in [7, 11) is -3.42. The van der Waals surface area contributed by atoms with Gasteiger partial charge in [-0.25, -0.2) is 8.42 Å². The largest absolute Gasteiger partial charge is 0.351 e. The number of amides is 1. The summed E-state index contributed by atoms with van der Waals surface area (Å²) in [5.74, 6) is -0.0424. The van der Waals surface area contributed by atoms with Crippen molar-refractivity contribution in [1.82, 2.24) is 5.32 Å². The maximum Gasteiger partial charge on any atom is 0.232 e. The Morgan fingerprint density at radius 2 is 1.59 bits per heavy atom. The lowest BCUT2D eigenvalue weighted by Gasteiger charge is -2.33. The van der Waals surface area contributed by atoms with E-state index in [4.69, 9.17) is 0 Å². The molecule has 0 fully saturated rings. The highest BCUT2D eigenvalue weighted by Gasteiger charge is 2.27. The van der Waals surface area contributed by atoms with Crippen LogP contribution in [0.25, 0.3) is 0 Å². The van der Waals surface area contributed by atoms with Crippen LogP contribution in [0.2, 0.25) is 0 Å². The number of para-hydroxylation sites is 1. The average Bonchev–Trinajstić information content (AvgIpc) is 2.40. The summed E-state index contributed by atoms with van der Waals surface area (Å²) in [5, 5.41) is 3.08. The van der Waals surface area contributed by atoms with Crippen LogP contribution in [0.5, 0.6) is 0 Å². The van der Waals surface area contributed by atoms with E-state index in [1.54, 1.807) is 0 Å². The molecule has 0 saturated carbocycles. The van der Waals surface area contributed by atoms with Gasteiger partial charge in [-0.2, -0.15) is 0 Å². The number of hydrogen-bond acceptors (Lipinski definition) is 3. The monoisotopic (exact) mass is 396 g/mol. The summed E-state index contributed by atoms with van der Waals surface area (Å²) >= 11 is 0. The summed E-state index contributed by atoms with van der Waals surface area (Å²) in [5.41, 5.74) is 2.37. The number of benzene rings is 1. The molecule has 0 atom stereocenters. The van der Waals surface area contributed by atoms with Crippen LogP contribution >= 0.6 is 0 Å². The quantitative estimate of drug-likeness (QED) is 0.717. The summed E-state index contributed by atoms with van der Waals surface area (Å²) in [4.78, 5) is 12.4. The molecule has 0 radical (unpaired) electrons. The Morgan fingerprint density at radius 3 is 2.04 bits per heavy atom. The third-order valence-electron chi connectivity index (χ3n) is 4.30. The van der Waals surface area contributed by atoms with Crippen LogP contribution in [0.4, 0.5) is 5.69 Å². The summed E-state index contributed by atoms with van der Waals surface area (Å²) in [6.45, 7) is 14.6. The van der Waals surface area contributed by atoms with Crippen molar-refractivity contribution in [2.45, 2.75) is 73.3 Å². The second-order valence-corrected chi connectivity index (χ2v) is 11.3. The van der Waals surface area contributed by atoms with Gasteiger partial charge in [-0.05, 0) is 57.1 Å². The SMILES string of the molecule is Cc1cccc(C)c1N(CCCC(=O)NC(C)(C)CC(C)(C)C)S(C)(=O)=O. The van der Waals surface area contributed by atoms with Crippen LogP contribution in [0.3, 0.4) is 0 Å². The van der Waals surface area contributed by atoms with Crippen molar-refractivity contribution >= 4 is 21.6 Å². The van der Waals surface area contributed by atoms with E-state index in [1.807, 2.05) is 45.9 Å². The standard InChI is InChI=1S/C21H36N2O3S/c1-16-11-9-12-17(2)19(16)23(27(8,25)26)14-10-13-18(24)22-21(6,7)15-20(3,4)5/h9,11-12H,10,13-15H2,1-8H3,(H,22,24). The average molecular weight is 397 g/mol. The molecule has 1 aromatic rings.